The number of primary amides is 1. The van der Waals surface area contributed by atoms with Crippen LogP contribution in [0, 0.1) is 6.92 Å². The molecule has 0 aliphatic heterocycles. The van der Waals surface area contributed by atoms with Gasteiger partial charge in [0.25, 0.3) is 0 Å². The molecule has 1 heterocycles. The maximum Gasteiger partial charge on any atom is 0.322 e. The Morgan fingerprint density at radius 3 is 2.63 bits per heavy atom. The zero-order valence-electron chi connectivity index (χ0n) is 9.99. The SMILES string of the molecule is Cc1cc(CS(=O)(=O)N[C@@H](CC(N)=O)C(=O)O)no1. The second-order valence-corrected chi connectivity index (χ2v) is 5.62. The summed E-state index contributed by atoms with van der Waals surface area (Å²) in [7, 11) is -3.97. The van der Waals surface area contributed by atoms with E-state index in [1.54, 1.807) is 6.92 Å². The van der Waals surface area contributed by atoms with Crippen LogP contribution in [0.25, 0.3) is 0 Å². The molecule has 1 amide bonds. The first kappa shape index (κ1) is 15.1. The minimum absolute atomic E-state index is 0.133. The van der Waals surface area contributed by atoms with Crippen LogP contribution in [0.1, 0.15) is 17.9 Å². The number of carboxylic acid groups (broad SMARTS) is 1. The van der Waals surface area contributed by atoms with Gasteiger partial charge in [-0.15, -0.1) is 0 Å². The lowest BCUT2D eigenvalue weighted by atomic mass is 10.2. The first-order valence-electron chi connectivity index (χ1n) is 5.13. The zero-order valence-corrected chi connectivity index (χ0v) is 10.8. The van der Waals surface area contributed by atoms with Gasteiger partial charge in [-0.1, -0.05) is 5.16 Å². The second-order valence-electron chi connectivity index (χ2n) is 3.87. The monoisotopic (exact) mass is 291 g/mol. The molecule has 4 N–H and O–H groups in total. The number of nitrogens with one attached hydrogen (secondary N) is 1. The fraction of sp³-hybridized carbons (Fsp3) is 0.444. The van der Waals surface area contributed by atoms with E-state index in [-0.39, 0.29) is 5.69 Å². The highest BCUT2D eigenvalue weighted by Gasteiger charge is 2.26. The number of hydrogen-bond donors (Lipinski definition) is 3. The predicted octanol–water partition coefficient (Wildman–Crippen LogP) is -1.27. The van der Waals surface area contributed by atoms with Gasteiger partial charge in [0.2, 0.25) is 15.9 Å². The molecule has 0 saturated carbocycles. The van der Waals surface area contributed by atoms with Gasteiger partial charge in [0.1, 0.15) is 23.2 Å². The van der Waals surface area contributed by atoms with Crippen LogP contribution in [-0.4, -0.2) is 36.6 Å². The number of carbonyl (C=O) groups is 2. The van der Waals surface area contributed by atoms with Gasteiger partial charge in [-0.3, -0.25) is 9.59 Å². The zero-order chi connectivity index (χ0) is 14.6. The summed E-state index contributed by atoms with van der Waals surface area (Å²) in [6, 6.07) is -0.196. The molecule has 1 aromatic heterocycles. The molecule has 0 radical (unpaired) electrons. The molecule has 0 bridgehead atoms. The molecule has 10 heteroatoms. The Balaban J connectivity index is 2.76. The molecule has 1 aromatic rings. The maximum absolute atomic E-state index is 11.7. The van der Waals surface area contributed by atoms with Crippen molar-refractivity contribution in [1.29, 1.82) is 0 Å². The van der Waals surface area contributed by atoms with Crippen molar-refractivity contribution < 1.29 is 27.6 Å². The fourth-order valence-corrected chi connectivity index (χ4v) is 2.55. The number of rotatable bonds is 7. The average molecular weight is 291 g/mol. The Bertz CT molecular complexity index is 579. The summed E-state index contributed by atoms with van der Waals surface area (Å²) in [5, 5.41) is 12.3. The van der Waals surface area contributed by atoms with E-state index in [2.05, 4.69) is 5.16 Å². The minimum atomic E-state index is -3.97. The third-order valence-electron chi connectivity index (χ3n) is 2.04. The van der Waals surface area contributed by atoms with Crippen LogP contribution >= 0.6 is 0 Å². The lowest BCUT2D eigenvalue weighted by molar-refractivity contribution is -0.140. The third kappa shape index (κ3) is 5.06. The van der Waals surface area contributed by atoms with E-state index in [1.807, 2.05) is 4.72 Å². The summed E-state index contributed by atoms with van der Waals surface area (Å²) in [6.07, 6.45) is -0.633. The van der Waals surface area contributed by atoms with Gasteiger partial charge in [0.05, 0.1) is 6.42 Å². The van der Waals surface area contributed by atoms with Crippen LogP contribution in [0.5, 0.6) is 0 Å². The first-order valence-corrected chi connectivity index (χ1v) is 6.78. The predicted molar refractivity (Wildman–Crippen MR) is 62.2 cm³/mol. The molecular weight excluding hydrogens is 278 g/mol. The van der Waals surface area contributed by atoms with E-state index in [0.29, 0.717) is 5.76 Å². The number of aryl methyl sites for hydroxylation is 1. The molecule has 0 aliphatic carbocycles. The van der Waals surface area contributed by atoms with Crippen molar-refractivity contribution in [3.8, 4) is 0 Å². The molecule has 19 heavy (non-hydrogen) atoms. The highest BCUT2D eigenvalue weighted by molar-refractivity contribution is 7.88. The fourth-order valence-electron chi connectivity index (χ4n) is 1.32. The van der Waals surface area contributed by atoms with Gasteiger partial charge in [-0.2, -0.15) is 0 Å². The standard InChI is InChI=1S/C9H13N3O6S/c1-5-2-6(11-18-5)4-19(16,17)12-7(9(14)15)3-8(10)13/h2,7,12H,3-4H2,1H3,(H2,10,13)(H,14,15)/t7-/m0/s1. The molecule has 1 atom stereocenters. The van der Waals surface area contributed by atoms with Gasteiger partial charge in [0, 0.05) is 6.07 Å². The van der Waals surface area contributed by atoms with Crippen LogP contribution in [0.4, 0.5) is 0 Å². The molecular formula is C9H13N3O6S. The van der Waals surface area contributed by atoms with Gasteiger partial charge in [0.15, 0.2) is 0 Å². The molecule has 0 fully saturated rings. The van der Waals surface area contributed by atoms with Crippen molar-refractivity contribution in [2.45, 2.75) is 25.1 Å². The summed E-state index contributed by atoms with van der Waals surface area (Å²) in [4.78, 5) is 21.5. The first-order chi connectivity index (χ1) is 8.69. The quantitative estimate of drug-likeness (QED) is 0.566. The van der Waals surface area contributed by atoms with Crippen molar-refractivity contribution in [1.82, 2.24) is 9.88 Å². The molecule has 0 aromatic carbocycles. The number of nitrogens with zero attached hydrogens (tertiary/aromatic N) is 1. The van der Waals surface area contributed by atoms with E-state index in [0.717, 1.165) is 0 Å². The van der Waals surface area contributed by atoms with E-state index in [9.17, 15) is 18.0 Å². The van der Waals surface area contributed by atoms with Crippen LogP contribution in [0.15, 0.2) is 10.6 Å². The molecule has 0 unspecified atom stereocenters. The van der Waals surface area contributed by atoms with Crippen molar-refractivity contribution in [3.63, 3.8) is 0 Å². The summed E-state index contributed by atoms with van der Waals surface area (Å²) < 4.78 is 30.0. The number of sulfonamides is 1. The van der Waals surface area contributed by atoms with Gasteiger partial charge >= 0.3 is 5.97 Å². The third-order valence-corrected chi connectivity index (χ3v) is 3.36. The number of aromatic nitrogens is 1. The Hall–Kier alpha value is -1.94. The number of carbonyl (C=O) groups excluding carboxylic acids is 1. The minimum Gasteiger partial charge on any atom is -0.480 e. The van der Waals surface area contributed by atoms with Crippen LogP contribution in [-0.2, 0) is 25.4 Å². The van der Waals surface area contributed by atoms with Gasteiger partial charge in [-0.05, 0) is 6.92 Å². The summed E-state index contributed by atoms with van der Waals surface area (Å²) in [5.41, 5.74) is 4.97. The summed E-state index contributed by atoms with van der Waals surface area (Å²) in [6.45, 7) is 1.59. The summed E-state index contributed by atoms with van der Waals surface area (Å²) in [5.74, 6) is -2.53. The molecule has 0 spiro atoms. The Kier molecular flexibility index (Phi) is 4.62. The molecule has 9 nitrogen and oxygen atoms in total. The van der Waals surface area contributed by atoms with E-state index in [1.165, 1.54) is 6.07 Å². The van der Waals surface area contributed by atoms with Crippen molar-refractivity contribution in [2.75, 3.05) is 0 Å². The lowest BCUT2D eigenvalue weighted by Crippen LogP contribution is -2.43. The highest BCUT2D eigenvalue weighted by Crippen LogP contribution is 2.07. The highest BCUT2D eigenvalue weighted by atomic mass is 32.2. The van der Waals surface area contributed by atoms with Crippen molar-refractivity contribution >= 4 is 21.9 Å². The van der Waals surface area contributed by atoms with Gasteiger partial charge in [-0.25, -0.2) is 13.1 Å². The Morgan fingerprint density at radius 1 is 1.58 bits per heavy atom. The Morgan fingerprint density at radius 2 is 2.21 bits per heavy atom. The van der Waals surface area contributed by atoms with Crippen molar-refractivity contribution in [3.05, 3.63) is 17.5 Å². The number of hydrogen-bond acceptors (Lipinski definition) is 6. The smallest absolute Gasteiger partial charge is 0.322 e. The average Bonchev–Trinajstić information content (AvgIpc) is 2.60. The van der Waals surface area contributed by atoms with Crippen LogP contribution < -0.4 is 10.5 Å². The summed E-state index contributed by atoms with van der Waals surface area (Å²) >= 11 is 0. The number of amides is 1. The van der Waals surface area contributed by atoms with Crippen LogP contribution in [0.2, 0.25) is 0 Å². The lowest BCUT2D eigenvalue weighted by Gasteiger charge is -2.12. The molecule has 1 rings (SSSR count). The molecule has 0 aliphatic rings. The van der Waals surface area contributed by atoms with E-state index < -0.39 is 40.1 Å². The topological polar surface area (TPSA) is 153 Å². The van der Waals surface area contributed by atoms with Crippen LogP contribution in [0.3, 0.4) is 0 Å². The maximum atomic E-state index is 11.7. The Labute approximate surface area is 108 Å². The van der Waals surface area contributed by atoms with E-state index >= 15 is 0 Å². The van der Waals surface area contributed by atoms with Crippen molar-refractivity contribution in [2.24, 2.45) is 5.73 Å². The van der Waals surface area contributed by atoms with E-state index in [4.69, 9.17) is 15.4 Å². The van der Waals surface area contributed by atoms with Gasteiger partial charge < -0.3 is 15.4 Å². The normalized spacial score (nSPS) is 13.1. The second kappa shape index (κ2) is 5.80. The molecule has 106 valence electrons. The molecule has 0 saturated heterocycles. The number of carboxylic acids is 1. The number of aliphatic carboxylic acids is 1. The largest absolute Gasteiger partial charge is 0.480 e. The number of nitrogens with two attached hydrogens (primary N) is 1.